The highest BCUT2D eigenvalue weighted by Crippen LogP contribution is 2.26. The van der Waals surface area contributed by atoms with Gasteiger partial charge in [-0.25, -0.2) is 4.79 Å². The molecule has 0 saturated heterocycles. The third-order valence-electron chi connectivity index (χ3n) is 2.86. The number of esters is 1. The molecule has 5 heteroatoms. The van der Waals surface area contributed by atoms with E-state index in [1.54, 1.807) is 20.1 Å². The number of carbonyl (C=O) groups is 1. The van der Waals surface area contributed by atoms with Crippen molar-refractivity contribution >= 4 is 5.97 Å². The third-order valence-corrected chi connectivity index (χ3v) is 2.86. The van der Waals surface area contributed by atoms with Crippen LogP contribution >= 0.6 is 0 Å². The summed E-state index contributed by atoms with van der Waals surface area (Å²) in [6.07, 6.45) is 0.809. The van der Waals surface area contributed by atoms with Crippen molar-refractivity contribution in [2.24, 2.45) is 5.73 Å². The summed E-state index contributed by atoms with van der Waals surface area (Å²) in [5.41, 5.74) is 6.52. The molecule has 0 amide bonds. The first-order chi connectivity index (χ1) is 9.65. The minimum absolute atomic E-state index is 0.334. The first-order valence-corrected chi connectivity index (χ1v) is 6.86. The van der Waals surface area contributed by atoms with Crippen LogP contribution in [0.1, 0.15) is 32.3 Å². The van der Waals surface area contributed by atoms with Gasteiger partial charge in [0.15, 0.2) is 6.10 Å². The molecule has 20 heavy (non-hydrogen) atoms. The largest absolute Gasteiger partial charge is 0.497 e. The lowest BCUT2D eigenvalue weighted by Gasteiger charge is -2.19. The Bertz CT molecular complexity index is 434. The Morgan fingerprint density at radius 2 is 2.10 bits per heavy atom. The van der Waals surface area contributed by atoms with E-state index < -0.39 is 6.10 Å². The second-order valence-corrected chi connectivity index (χ2v) is 4.32. The fraction of sp³-hybridized carbons (Fsp3) is 0.533. The highest BCUT2D eigenvalue weighted by atomic mass is 16.6. The molecule has 1 rings (SSSR count). The van der Waals surface area contributed by atoms with Crippen LogP contribution in [-0.2, 0) is 16.1 Å². The standard InChI is InChI=1S/C15H23NO4/c1-4-6-13(15(17)19-5-2)20-14-9-12(18-3)8-7-11(14)10-16/h7-9,13H,4-6,10,16H2,1-3H3. The van der Waals surface area contributed by atoms with E-state index in [-0.39, 0.29) is 5.97 Å². The van der Waals surface area contributed by atoms with Gasteiger partial charge in [-0.1, -0.05) is 19.4 Å². The van der Waals surface area contributed by atoms with Gasteiger partial charge >= 0.3 is 5.97 Å². The van der Waals surface area contributed by atoms with Crippen LogP contribution < -0.4 is 15.2 Å². The van der Waals surface area contributed by atoms with Crippen LogP contribution in [0.4, 0.5) is 0 Å². The van der Waals surface area contributed by atoms with E-state index in [0.29, 0.717) is 31.1 Å². The fourth-order valence-corrected chi connectivity index (χ4v) is 1.82. The van der Waals surface area contributed by atoms with E-state index in [9.17, 15) is 4.79 Å². The molecule has 2 N–H and O–H groups in total. The molecule has 112 valence electrons. The van der Waals surface area contributed by atoms with Gasteiger partial charge in [-0.05, 0) is 19.4 Å². The predicted octanol–water partition coefficient (Wildman–Crippen LogP) is 2.26. The van der Waals surface area contributed by atoms with Crippen molar-refractivity contribution in [2.75, 3.05) is 13.7 Å². The quantitative estimate of drug-likeness (QED) is 0.740. The molecule has 0 aliphatic carbocycles. The van der Waals surface area contributed by atoms with Crippen molar-refractivity contribution in [1.82, 2.24) is 0 Å². The van der Waals surface area contributed by atoms with Gasteiger partial charge in [0.1, 0.15) is 11.5 Å². The molecule has 1 aromatic carbocycles. The van der Waals surface area contributed by atoms with Crippen LogP contribution in [0, 0.1) is 0 Å². The molecular formula is C15H23NO4. The number of hydrogen-bond donors (Lipinski definition) is 1. The maximum atomic E-state index is 11.9. The Hall–Kier alpha value is -1.75. The van der Waals surface area contributed by atoms with E-state index in [1.807, 2.05) is 19.1 Å². The summed E-state index contributed by atoms with van der Waals surface area (Å²) < 4.78 is 16.0. The lowest BCUT2D eigenvalue weighted by atomic mass is 10.1. The normalized spacial score (nSPS) is 11.8. The molecule has 5 nitrogen and oxygen atoms in total. The van der Waals surface area contributed by atoms with Crippen LogP contribution in [0.3, 0.4) is 0 Å². The van der Waals surface area contributed by atoms with Gasteiger partial charge in [-0.2, -0.15) is 0 Å². The topological polar surface area (TPSA) is 70.8 Å². The van der Waals surface area contributed by atoms with E-state index in [1.165, 1.54) is 0 Å². The molecule has 0 aliphatic heterocycles. The van der Waals surface area contributed by atoms with E-state index in [0.717, 1.165) is 12.0 Å². The summed E-state index contributed by atoms with van der Waals surface area (Å²) in [5.74, 6) is 0.884. The zero-order valence-electron chi connectivity index (χ0n) is 12.3. The van der Waals surface area contributed by atoms with Crippen molar-refractivity contribution in [3.8, 4) is 11.5 Å². The van der Waals surface area contributed by atoms with Crippen LogP contribution in [0.2, 0.25) is 0 Å². The number of benzene rings is 1. The summed E-state index contributed by atoms with van der Waals surface area (Å²) in [6, 6.07) is 5.39. The number of ether oxygens (including phenoxy) is 3. The minimum atomic E-state index is -0.614. The zero-order valence-corrected chi connectivity index (χ0v) is 12.3. The summed E-state index contributed by atoms with van der Waals surface area (Å²) in [7, 11) is 1.58. The maximum absolute atomic E-state index is 11.9. The summed E-state index contributed by atoms with van der Waals surface area (Å²) in [6.45, 7) is 4.44. The SMILES string of the molecule is CCCC(Oc1cc(OC)ccc1CN)C(=O)OCC. The number of carbonyl (C=O) groups excluding carboxylic acids is 1. The van der Waals surface area contributed by atoms with E-state index in [4.69, 9.17) is 19.9 Å². The lowest BCUT2D eigenvalue weighted by molar-refractivity contribution is -0.151. The van der Waals surface area contributed by atoms with Crippen molar-refractivity contribution in [2.45, 2.75) is 39.3 Å². The summed E-state index contributed by atoms with van der Waals surface area (Å²) in [4.78, 5) is 11.9. The molecule has 0 saturated carbocycles. The molecule has 1 unspecified atom stereocenters. The van der Waals surface area contributed by atoms with Gasteiger partial charge in [0, 0.05) is 18.2 Å². The maximum Gasteiger partial charge on any atom is 0.347 e. The number of nitrogens with two attached hydrogens (primary N) is 1. The molecule has 0 bridgehead atoms. The smallest absolute Gasteiger partial charge is 0.347 e. The number of methoxy groups -OCH3 is 1. The average molecular weight is 281 g/mol. The minimum Gasteiger partial charge on any atom is -0.497 e. The number of rotatable bonds is 8. The van der Waals surface area contributed by atoms with Crippen LogP contribution in [0.5, 0.6) is 11.5 Å². The third kappa shape index (κ3) is 4.42. The highest BCUT2D eigenvalue weighted by molar-refractivity contribution is 5.75. The summed E-state index contributed by atoms with van der Waals surface area (Å²) >= 11 is 0. The molecule has 1 aromatic rings. The van der Waals surface area contributed by atoms with Gasteiger partial charge in [0.25, 0.3) is 0 Å². The Labute approximate surface area is 120 Å². The Morgan fingerprint density at radius 1 is 1.35 bits per heavy atom. The number of hydrogen-bond acceptors (Lipinski definition) is 5. The van der Waals surface area contributed by atoms with Gasteiger partial charge < -0.3 is 19.9 Å². The molecular weight excluding hydrogens is 258 g/mol. The van der Waals surface area contributed by atoms with Crippen LogP contribution in [-0.4, -0.2) is 25.8 Å². The van der Waals surface area contributed by atoms with Gasteiger partial charge in [0.05, 0.1) is 13.7 Å². The second-order valence-electron chi connectivity index (χ2n) is 4.32. The molecule has 0 spiro atoms. The first kappa shape index (κ1) is 16.3. The van der Waals surface area contributed by atoms with E-state index in [2.05, 4.69) is 0 Å². The van der Waals surface area contributed by atoms with Crippen molar-refractivity contribution < 1.29 is 19.0 Å². The molecule has 0 aliphatic rings. The van der Waals surface area contributed by atoms with Gasteiger partial charge in [0.2, 0.25) is 0 Å². The molecule has 0 heterocycles. The molecule has 1 atom stereocenters. The highest BCUT2D eigenvalue weighted by Gasteiger charge is 2.22. The second kappa shape index (κ2) is 8.43. The fourth-order valence-electron chi connectivity index (χ4n) is 1.82. The lowest BCUT2D eigenvalue weighted by Crippen LogP contribution is -2.29. The van der Waals surface area contributed by atoms with Gasteiger partial charge in [-0.3, -0.25) is 0 Å². The molecule has 0 fully saturated rings. The first-order valence-electron chi connectivity index (χ1n) is 6.86. The van der Waals surface area contributed by atoms with Gasteiger partial charge in [-0.15, -0.1) is 0 Å². The Balaban J connectivity index is 2.93. The van der Waals surface area contributed by atoms with E-state index >= 15 is 0 Å². The predicted molar refractivity (Wildman–Crippen MR) is 76.8 cm³/mol. The van der Waals surface area contributed by atoms with Crippen molar-refractivity contribution in [1.29, 1.82) is 0 Å². The Kier molecular flexibility index (Phi) is 6.87. The summed E-state index contributed by atoms with van der Waals surface area (Å²) in [5, 5.41) is 0. The van der Waals surface area contributed by atoms with Crippen LogP contribution in [0.15, 0.2) is 18.2 Å². The van der Waals surface area contributed by atoms with Crippen molar-refractivity contribution in [3.63, 3.8) is 0 Å². The monoisotopic (exact) mass is 281 g/mol. The molecule has 0 radical (unpaired) electrons. The average Bonchev–Trinajstić information content (AvgIpc) is 2.46. The molecule has 0 aromatic heterocycles. The van der Waals surface area contributed by atoms with Crippen molar-refractivity contribution in [3.05, 3.63) is 23.8 Å². The van der Waals surface area contributed by atoms with Crippen LogP contribution in [0.25, 0.3) is 0 Å². The zero-order chi connectivity index (χ0) is 15.0. The Morgan fingerprint density at radius 3 is 2.65 bits per heavy atom.